The maximum atomic E-state index is 12.7. The number of pyridine rings is 1. The zero-order valence-electron chi connectivity index (χ0n) is 17.8. The van der Waals surface area contributed by atoms with E-state index in [0.29, 0.717) is 18.8 Å². The molecule has 0 aliphatic heterocycles. The number of aryl methyl sites for hydroxylation is 3. The van der Waals surface area contributed by atoms with Gasteiger partial charge in [-0.05, 0) is 55.8 Å². The van der Waals surface area contributed by atoms with Gasteiger partial charge in [0.25, 0.3) is 5.91 Å². The molecule has 0 saturated carbocycles. The molecule has 5 rings (SSSR count). The van der Waals surface area contributed by atoms with Gasteiger partial charge in [-0.15, -0.1) is 0 Å². The molecule has 31 heavy (non-hydrogen) atoms. The van der Waals surface area contributed by atoms with E-state index in [2.05, 4.69) is 61.5 Å². The number of hydrogen-bond acceptors (Lipinski definition) is 3. The van der Waals surface area contributed by atoms with Crippen LogP contribution in [0.5, 0.6) is 0 Å². The predicted molar refractivity (Wildman–Crippen MR) is 122 cm³/mol. The minimum atomic E-state index is -0.113. The first-order valence-electron chi connectivity index (χ1n) is 10.4. The summed E-state index contributed by atoms with van der Waals surface area (Å²) in [5, 5.41) is 9.61. The van der Waals surface area contributed by atoms with Crippen LogP contribution in [0.3, 0.4) is 0 Å². The number of fused-ring (bicyclic) bond motifs is 2. The van der Waals surface area contributed by atoms with E-state index in [9.17, 15) is 4.79 Å². The van der Waals surface area contributed by atoms with Gasteiger partial charge in [0.1, 0.15) is 11.3 Å². The lowest BCUT2D eigenvalue weighted by molar-refractivity contribution is 0.0940. The molecular formula is C24H24N6O. The molecule has 7 heteroatoms. The number of rotatable bonds is 5. The molecule has 0 unspecified atom stereocenters. The first kappa shape index (κ1) is 19.1. The predicted octanol–water partition coefficient (Wildman–Crippen LogP) is 4.18. The van der Waals surface area contributed by atoms with E-state index in [1.807, 2.05) is 33.0 Å². The van der Waals surface area contributed by atoms with Gasteiger partial charge in [-0.3, -0.25) is 9.48 Å². The smallest absolute Gasteiger partial charge is 0.269 e. The molecule has 4 heterocycles. The van der Waals surface area contributed by atoms with Crippen molar-refractivity contribution in [2.45, 2.75) is 26.9 Å². The van der Waals surface area contributed by atoms with Crippen LogP contribution < -0.4 is 5.32 Å². The summed E-state index contributed by atoms with van der Waals surface area (Å²) in [6.45, 7) is 4.99. The third kappa shape index (κ3) is 3.38. The second kappa shape index (κ2) is 7.43. The number of nitrogens with one attached hydrogen (secondary N) is 2. The van der Waals surface area contributed by atoms with Crippen molar-refractivity contribution in [1.82, 2.24) is 29.6 Å². The number of nitrogens with zero attached hydrogens (tertiary/aromatic N) is 4. The highest BCUT2D eigenvalue weighted by Gasteiger charge is 2.15. The van der Waals surface area contributed by atoms with E-state index in [1.165, 1.54) is 0 Å². The minimum absolute atomic E-state index is 0.113. The quantitative estimate of drug-likeness (QED) is 0.454. The maximum Gasteiger partial charge on any atom is 0.269 e. The molecule has 0 radical (unpaired) electrons. The second-order valence-corrected chi connectivity index (χ2v) is 7.80. The number of aromatic nitrogens is 5. The van der Waals surface area contributed by atoms with Gasteiger partial charge in [-0.25, -0.2) is 4.98 Å². The number of aromatic amines is 1. The largest absolute Gasteiger partial charge is 0.350 e. The van der Waals surface area contributed by atoms with E-state index in [0.717, 1.165) is 44.5 Å². The monoisotopic (exact) mass is 412 g/mol. The van der Waals surface area contributed by atoms with Gasteiger partial charge in [-0.2, -0.15) is 5.10 Å². The van der Waals surface area contributed by atoms with Gasteiger partial charge in [0.2, 0.25) is 0 Å². The third-order valence-electron chi connectivity index (χ3n) is 5.62. The fourth-order valence-corrected chi connectivity index (χ4v) is 4.11. The van der Waals surface area contributed by atoms with Crippen LogP contribution in [0.2, 0.25) is 0 Å². The summed E-state index contributed by atoms with van der Waals surface area (Å²) in [6, 6.07) is 14.2. The second-order valence-electron chi connectivity index (χ2n) is 7.80. The summed E-state index contributed by atoms with van der Waals surface area (Å²) >= 11 is 0. The lowest BCUT2D eigenvalue weighted by Gasteiger charge is -2.08. The van der Waals surface area contributed by atoms with Crippen molar-refractivity contribution >= 4 is 27.8 Å². The molecule has 0 fully saturated rings. The summed E-state index contributed by atoms with van der Waals surface area (Å²) in [6.07, 6.45) is 3.92. The van der Waals surface area contributed by atoms with Gasteiger partial charge in [0.15, 0.2) is 0 Å². The van der Waals surface area contributed by atoms with E-state index < -0.39 is 0 Å². The number of hydrogen-bond donors (Lipinski definition) is 2. The van der Waals surface area contributed by atoms with E-state index in [1.54, 1.807) is 10.9 Å². The lowest BCUT2D eigenvalue weighted by Crippen LogP contribution is -2.25. The molecule has 1 aromatic carbocycles. The molecular weight excluding hydrogens is 388 g/mol. The van der Waals surface area contributed by atoms with Crippen molar-refractivity contribution in [2.24, 2.45) is 7.05 Å². The molecule has 0 bridgehead atoms. The zero-order chi connectivity index (χ0) is 21.5. The summed E-state index contributed by atoms with van der Waals surface area (Å²) in [4.78, 5) is 20.5. The van der Waals surface area contributed by atoms with Crippen molar-refractivity contribution in [1.29, 1.82) is 0 Å². The van der Waals surface area contributed by atoms with Crippen LogP contribution >= 0.6 is 0 Å². The van der Waals surface area contributed by atoms with Gasteiger partial charge >= 0.3 is 0 Å². The van der Waals surface area contributed by atoms with E-state index in [4.69, 9.17) is 0 Å². The summed E-state index contributed by atoms with van der Waals surface area (Å²) in [7, 11) is 2.04. The molecule has 156 valence electrons. The van der Waals surface area contributed by atoms with Gasteiger partial charge in [0.05, 0.1) is 5.69 Å². The topological polar surface area (TPSA) is 80.5 Å². The molecule has 0 aliphatic carbocycles. The zero-order valence-corrected chi connectivity index (χ0v) is 17.8. The number of benzene rings is 1. The van der Waals surface area contributed by atoms with Crippen LogP contribution in [-0.2, 0) is 20.1 Å². The number of amides is 1. The van der Waals surface area contributed by atoms with Crippen LogP contribution in [0.4, 0.5) is 0 Å². The average molecular weight is 412 g/mol. The highest BCUT2D eigenvalue weighted by molar-refractivity contribution is 5.98. The Morgan fingerprint density at radius 1 is 1.19 bits per heavy atom. The highest BCUT2D eigenvalue weighted by Crippen LogP contribution is 2.32. The molecule has 4 aromatic heterocycles. The molecule has 0 spiro atoms. The average Bonchev–Trinajstić information content (AvgIpc) is 3.46. The molecule has 0 aliphatic rings. The Morgan fingerprint density at radius 3 is 2.87 bits per heavy atom. The Labute approximate surface area is 179 Å². The lowest BCUT2D eigenvalue weighted by atomic mass is 10.1. The molecule has 0 saturated heterocycles. The van der Waals surface area contributed by atoms with Crippen LogP contribution in [0.1, 0.15) is 28.7 Å². The van der Waals surface area contributed by atoms with Gasteiger partial charge in [-0.1, -0.05) is 6.07 Å². The maximum absolute atomic E-state index is 12.7. The van der Waals surface area contributed by atoms with Crippen molar-refractivity contribution in [2.75, 3.05) is 0 Å². The molecule has 1 amide bonds. The minimum Gasteiger partial charge on any atom is -0.350 e. The third-order valence-corrected chi connectivity index (χ3v) is 5.62. The highest BCUT2D eigenvalue weighted by atomic mass is 16.2. The van der Waals surface area contributed by atoms with E-state index >= 15 is 0 Å². The summed E-state index contributed by atoms with van der Waals surface area (Å²) in [5.74, 6) is -0.113. The Bertz CT molecular complexity index is 1390. The Balaban J connectivity index is 1.45. The fraction of sp³-hybridized carbons (Fsp3) is 0.208. The molecule has 0 atom stereocenters. The first-order valence-corrected chi connectivity index (χ1v) is 10.4. The van der Waals surface area contributed by atoms with Crippen molar-refractivity contribution in [3.05, 3.63) is 71.8 Å². The Morgan fingerprint density at radius 2 is 2.06 bits per heavy atom. The van der Waals surface area contributed by atoms with Crippen molar-refractivity contribution in [3.8, 4) is 11.3 Å². The number of carbonyl (C=O) groups is 1. The summed E-state index contributed by atoms with van der Waals surface area (Å²) in [5.41, 5.74) is 6.63. The number of H-pyrrole nitrogens is 1. The normalized spacial score (nSPS) is 11.5. The molecule has 7 nitrogen and oxygen atoms in total. The van der Waals surface area contributed by atoms with Gasteiger partial charge < -0.3 is 14.9 Å². The van der Waals surface area contributed by atoms with Crippen molar-refractivity contribution in [3.63, 3.8) is 0 Å². The van der Waals surface area contributed by atoms with Crippen LogP contribution in [-0.4, -0.2) is 30.2 Å². The van der Waals surface area contributed by atoms with Crippen LogP contribution in [0.15, 0.2) is 54.9 Å². The first-order chi connectivity index (χ1) is 15.0. The fourth-order valence-electron chi connectivity index (χ4n) is 4.11. The molecule has 2 N–H and O–H groups in total. The van der Waals surface area contributed by atoms with Crippen LogP contribution in [0.25, 0.3) is 33.2 Å². The van der Waals surface area contributed by atoms with Crippen LogP contribution in [0, 0.1) is 6.92 Å². The van der Waals surface area contributed by atoms with Gasteiger partial charge in [0, 0.05) is 60.1 Å². The van der Waals surface area contributed by atoms with Crippen molar-refractivity contribution < 1.29 is 4.79 Å². The molecule has 5 aromatic rings. The SMILES string of the molecule is CCn1nc(C)cc1C(=O)NCc1ccc2c(c1)c(-c1cc3cccnc3[nH]1)cn2C. The summed E-state index contributed by atoms with van der Waals surface area (Å²) < 4.78 is 3.85. The van der Waals surface area contributed by atoms with E-state index in [-0.39, 0.29) is 5.91 Å². The standard InChI is InChI=1S/C24H24N6O/c1-4-30-22(10-15(2)28-30)24(31)26-13-16-7-8-21-18(11-16)19(14-29(21)3)20-12-17-6-5-9-25-23(17)27-20/h5-12,14H,4,13H2,1-3H3,(H,25,27)(H,26,31). The Hall–Kier alpha value is -3.87. The number of carbonyl (C=O) groups excluding carboxylic acids is 1. The Kier molecular flexibility index (Phi) is 4.58.